The quantitative estimate of drug-likeness (QED) is 0.617. The highest BCUT2D eigenvalue weighted by atomic mass is 16.5. The summed E-state index contributed by atoms with van der Waals surface area (Å²) in [5.41, 5.74) is 1.07. The Labute approximate surface area is 124 Å². The summed E-state index contributed by atoms with van der Waals surface area (Å²) in [4.78, 5) is 34.6. The molecule has 5 nitrogen and oxygen atoms in total. The van der Waals surface area contributed by atoms with E-state index in [0.29, 0.717) is 23.5 Å². The Bertz CT molecular complexity index is 506. The maximum atomic E-state index is 11.9. The van der Waals surface area contributed by atoms with Crippen LogP contribution in [0.2, 0.25) is 0 Å². The van der Waals surface area contributed by atoms with Crippen molar-refractivity contribution >= 4 is 17.7 Å². The number of hydrogen-bond acceptors (Lipinski definition) is 4. The highest BCUT2D eigenvalue weighted by molar-refractivity contribution is 5.98. The number of ether oxygens (including phenoxy) is 1. The maximum absolute atomic E-state index is 11.9. The van der Waals surface area contributed by atoms with Crippen LogP contribution >= 0.6 is 0 Å². The third kappa shape index (κ3) is 5.77. The van der Waals surface area contributed by atoms with Gasteiger partial charge >= 0.3 is 5.97 Å². The van der Waals surface area contributed by atoms with Crippen molar-refractivity contribution in [2.75, 3.05) is 13.7 Å². The number of Topliss-reactive ketones (excluding diaryl/α,β-unsaturated/α-hetero) is 1. The van der Waals surface area contributed by atoms with Crippen molar-refractivity contribution < 1.29 is 19.1 Å². The second-order valence-corrected chi connectivity index (χ2v) is 5.18. The summed E-state index contributed by atoms with van der Waals surface area (Å²) in [6.45, 7) is 4.20. The van der Waals surface area contributed by atoms with Crippen LogP contribution in [0.5, 0.6) is 0 Å². The lowest BCUT2D eigenvalue weighted by Crippen LogP contribution is -2.26. The number of nitrogens with one attached hydrogen (secondary N) is 1. The average Bonchev–Trinajstić information content (AvgIpc) is 2.46. The van der Waals surface area contributed by atoms with Gasteiger partial charge in [-0.3, -0.25) is 14.4 Å². The van der Waals surface area contributed by atoms with Gasteiger partial charge in [0.2, 0.25) is 0 Å². The van der Waals surface area contributed by atoms with Crippen molar-refractivity contribution in [2.45, 2.75) is 26.7 Å². The maximum Gasteiger partial charge on any atom is 0.307 e. The molecule has 0 fully saturated rings. The molecule has 0 atom stereocenters. The van der Waals surface area contributed by atoms with Gasteiger partial charge in [0.25, 0.3) is 5.91 Å². The number of carbonyl (C=O) groups excluding carboxylic acids is 3. The number of esters is 1. The summed E-state index contributed by atoms with van der Waals surface area (Å²) < 4.78 is 4.48. The molecule has 0 unspecified atom stereocenters. The second kappa shape index (κ2) is 8.19. The molecule has 1 N–H and O–H groups in total. The van der Waals surface area contributed by atoms with Gasteiger partial charge in [-0.15, -0.1) is 0 Å². The van der Waals surface area contributed by atoms with E-state index in [9.17, 15) is 14.4 Å². The number of carbonyl (C=O) groups is 3. The minimum Gasteiger partial charge on any atom is -0.469 e. The van der Waals surface area contributed by atoms with Crippen LogP contribution in [-0.2, 0) is 9.53 Å². The van der Waals surface area contributed by atoms with E-state index in [2.05, 4.69) is 10.1 Å². The first-order chi connectivity index (χ1) is 9.93. The van der Waals surface area contributed by atoms with Gasteiger partial charge in [0.15, 0.2) is 5.78 Å². The molecule has 0 bridgehead atoms. The molecule has 21 heavy (non-hydrogen) atoms. The zero-order chi connectivity index (χ0) is 15.8. The normalized spacial score (nSPS) is 10.3. The molecule has 1 aromatic carbocycles. The van der Waals surface area contributed by atoms with E-state index >= 15 is 0 Å². The van der Waals surface area contributed by atoms with Gasteiger partial charge in [-0.1, -0.05) is 26.0 Å². The van der Waals surface area contributed by atoms with Crippen molar-refractivity contribution in [3.05, 3.63) is 35.4 Å². The summed E-state index contributed by atoms with van der Waals surface area (Å²) in [5.74, 6) is -0.270. The summed E-state index contributed by atoms with van der Waals surface area (Å²) >= 11 is 0. The molecular formula is C16H21NO4. The molecule has 0 heterocycles. The fourth-order valence-corrected chi connectivity index (χ4v) is 1.78. The number of methoxy groups -OCH3 is 1. The molecule has 0 saturated carbocycles. The Morgan fingerprint density at radius 3 is 2.19 bits per heavy atom. The lowest BCUT2D eigenvalue weighted by Gasteiger charge is -2.06. The zero-order valence-electron chi connectivity index (χ0n) is 12.6. The highest BCUT2D eigenvalue weighted by Gasteiger charge is 2.10. The fraction of sp³-hybridized carbons (Fsp3) is 0.438. The van der Waals surface area contributed by atoms with Crippen molar-refractivity contribution in [2.24, 2.45) is 5.92 Å². The number of ketones is 1. The van der Waals surface area contributed by atoms with E-state index in [0.717, 1.165) is 0 Å². The van der Waals surface area contributed by atoms with E-state index in [-0.39, 0.29) is 30.6 Å². The topological polar surface area (TPSA) is 72.5 Å². The van der Waals surface area contributed by atoms with E-state index < -0.39 is 0 Å². The molecule has 0 saturated heterocycles. The van der Waals surface area contributed by atoms with Crippen molar-refractivity contribution in [1.82, 2.24) is 5.32 Å². The molecule has 0 spiro atoms. The fourth-order valence-electron chi connectivity index (χ4n) is 1.78. The molecule has 5 heteroatoms. The van der Waals surface area contributed by atoms with E-state index in [1.807, 2.05) is 13.8 Å². The average molecular weight is 291 g/mol. The zero-order valence-corrected chi connectivity index (χ0v) is 12.6. The number of benzene rings is 1. The Morgan fingerprint density at radius 1 is 1.10 bits per heavy atom. The van der Waals surface area contributed by atoms with E-state index in [4.69, 9.17) is 0 Å². The minimum absolute atomic E-state index is 0.0719. The molecule has 0 radical (unpaired) electrons. The second-order valence-electron chi connectivity index (χ2n) is 5.18. The predicted molar refractivity (Wildman–Crippen MR) is 79.2 cm³/mol. The number of hydrogen-bond donors (Lipinski definition) is 1. The van der Waals surface area contributed by atoms with Gasteiger partial charge in [-0.05, 0) is 18.1 Å². The number of rotatable bonds is 7. The standard InChI is InChI=1S/C16H21NO4/c1-11(2)10-14(18)12-4-6-13(7-5-12)16(20)17-9-8-15(19)21-3/h4-7,11H,8-10H2,1-3H3,(H,17,20). The summed E-state index contributed by atoms with van der Waals surface area (Å²) in [7, 11) is 1.30. The van der Waals surface area contributed by atoms with Crippen LogP contribution in [0, 0.1) is 5.92 Å². The smallest absolute Gasteiger partial charge is 0.307 e. The van der Waals surface area contributed by atoms with Crippen molar-refractivity contribution in [1.29, 1.82) is 0 Å². The van der Waals surface area contributed by atoms with Gasteiger partial charge in [0, 0.05) is 24.1 Å². The molecule has 0 aliphatic heterocycles. The Hall–Kier alpha value is -2.17. The SMILES string of the molecule is COC(=O)CCNC(=O)c1ccc(C(=O)CC(C)C)cc1. The predicted octanol–water partition coefficient (Wildman–Crippen LogP) is 2.21. The monoisotopic (exact) mass is 291 g/mol. The largest absolute Gasteiger partial charge is 0.469 e. The van der Waals surface area contributed by atoms with Crippen LogP contribution in [0.3, 0.4) is 0 Å². The third-order valence-corrected chi connectivity index (χ3v) is 2.91. The first-order valence-electron chi connectivity index (χ1n) is 6.92. The molecule has 114 valence electrons. The summed E-state index contributed by atoms with van der Waals surface area (Å²) in [5, 5.41) is 2.62. The van der Waals surface area contributed by atoms with Crippen molar-refractivity contribution in [3.63, 3.8) is 0 Å². The molecular weight excluding hydrogens is 270 g/mol. The van der Waals surface area contributed by atoms with Crippen LogP contribution in [-0.4, -0.2) is 31.3 Å². The molecule has 0 aliphatic rings. The van der Waals surface area contributed by atoms with Crippen LogP contribution in [0.15, 0.2) is 24.3 Å². The molecule has 1 aromatic rings. The van der Waals surface area contributed by atoms with Gasteiger partial charge < -0.3 is 10.1 Å². The first kappa shape index (κ1) is 16.9. The van der Waals surface area contributed by atoms with Gasteiger partial charge in [-0.2, -0.15) is 0 Å². The molecule has 0 aromatic heterocycles. The lowest BCUT2D eigenvalue weighted by molar-refractivity contribution is -0.140. The summed E-state index contributed by atoms with van der Waals surface area (Å²) in [6.07, 6.45) is 0.623. The van der Waals surface area contributed by atoms with Crippen LogP contribution in [0.4, 0.5) is 0 Å². The molecule has 1 amide bonds. The molecule has 1 rings (SSSR count). The van der Waals surface area contributed by atoms with Crippen LogP contribution in [0.25, 0.3) is 0 Å². The van der Waals surface area contributed by atoms with E-state index in [1.165, 1.54) is 7.11 Å². The first-order valence-corrected chi connectivity index (χ1v) is 6.92. The molecule has 0 aliphatic carbocycles. The van der Waals surface area contributed by atoms with Gasteiger partial charge in [-0.25, -0.2) is 0 Å². The van der Waals surface area contributed by atoms with Crippen LogP contribution in [0.1, 0.15) is 47.4 Å². The minimum atomic E-state index is -0.370. The van der Waals surface area contributed by atoms with Crippen LogP contribution < -0.4 is 5.32 Å². The van der Waals surface area contributed by atoms with E-state index in [1.54, 1.807) is 24.3 Å². The third-order valence-electron chi connectivity index (χ3n) is 2.91. The number of amides is 1. The van der Waals surface area contributed by atoms with Crippen molar-refractivity contribution in [3.8, 4) is 0 Å². The van der Waals surface area contributed by atoms with Gasteiger partial charge in [0.05, 0.1) is 13.5 Å². The Morgan fingerprint density at radius 2 is 1.67 bits per heavy atom. The summed E-state index contributed by atoms with van der Waals surface area (Å²) in [6, 6.07) is 6.53. The Kier molecular flexibility index (Phi) is 6.59. The Balaban J connectivity index is 2.55. The van der Waals surface area contributed by atoms with Gasteiger partial charge in [0.1, 0.15) is 0 Å². The lowest BCUT2D eigenvalue weighted by atomic mass is 10.0. The highest BCUT2D eigenvalue weighted by Crippen LogP contribution is 2.11.